The van der Waals surface area contributed by atoms with Gasteiger partial charge in [-0.05, 0) is 30.0 Å². The molecule has 1 nitrogen and oxygen atoms in total. The van der Waals surface area contributed by atoms with Gasteiger partial charge in [0.25, 0.3) is 0 Å². The zero-order chi connectivity index (χ0) is 10.7. The Bertz CT molecular complexity index is 185. The Morgan fingerprint density at radius 2 is 1.93 bits per heavy atom. The van der Waals surface area contributed by atoms with Crippen LogP contribution >= 0.6 is 11.8 Å². The molecule has 0 aromatic heterocycles. The average molecular weight is 243 g/mol. The summed E-state index contributed by atoms with van der Waals surface area (Å²) < 4.78 is 3.01. The molecule has 1 unspecified atom stereocenters. The van der Waals surface area contributed by atoms with Crippen LogP contribution in [0.5, 0.6) is 0 Å². The van der Waals surface area contributed by atoms with Crippen molar-refractivity contribution in [1.82, 2.24) is 4.57 Å². The Labute approximate surface area is 101 Å². The fourth-order valence-electron chi connectivity index (χ4n) is 3.00. The van der Waals surface area contributed by atoms with E-state index < -0.39 is 8.96 Å². The first kappa shape index (κ1) is 12.0. The first-order valence-electron chi connectivity index (χ1n) is 6.68. The van der Waals surface area contributed by atoms with Crippen molar-refractivity contribution < 1.29 is 0 Å². The van der Waals surface area contributed by atoms with Gasteiger partial charge in [0, 0.05) is 12.1 Å². The molecule has 0 aromatic rings. The smallest absolute Gasteiger partial charge is 0.132 e. The lowest BCUT2D eigenvalue weighted by molar-refractivity contribution is 0.204. The van der Waals surface area contributed by atoms with E-state index in [1.54, 1.807) is 0 Å². The second-order valence-electron chi connectivity index (χ2n) is 5.19. The largest absolute Gasteiger partial charge is 0.319 e. The van der Waals surface area contributed by atoms with Crippen molar-refractivity contribution in [3.05, 3.63) is 0 Å². The molecule has 1 aliphatic heterocycles. The molecule has 2 fully saturated rings. The summed E-state index contributed by atoms with van der Waals surface area (Å²) in [4.78, 5) is 0. The lowest BCUT2D eigenvalue weighted by Crippen LogP contribution is -2.58. The molecular weight excluding hydrogens is 218 g/mol. The third kappa shape index (κ3) is 2.80. The average Bonchev–Trinajstić information content (AvgIpc) is 2.23. The van der Waals surface area contributed by atoms with Gasteiger partial charge in [0.1, 0.15) is 8.96 Å². The van der Waals surface area contributed by atoms with Crippen molar-refractivity contribution >= 4 is 20.7 Å². The molecule has 88 valence electrons. The van der Waals surface area contributed by atoms with E-state index in [-0.39, 0.29) is 0 Å². The van der Waals surface area contributed by atoms with Crippen molar-refractivity contribution in [2.75, 3.05) is 10.8 Å². The maximum Gasteiger partial charge on any atom is 0.132 e. The van der Waals surface area contributed by atoms with Gasteiger partial charge in [0.15, 0.2) is 0 Å². The molecule has 0 bridgehead atoms. The number of rotatable bonds is 4. The normalized spacial score (nSPS) is 26.6. The maximum atomic E-state index is 3.01. The minimum Gasteiger partial charge on any atom is -0.319 e. The van der Waals surface area contributed by atoms with Gasteiger partial charge in [-0.3, -0.25) is 0 Å². The highest BCUT2D eigenvalue weighted by Gasteiger charge is 2.35. The Balaban J connectivity index is 1.95. The van der Waals surface area contributed by atoms with E-state index in [1.165, 1.54) is 49.3 Å². The van der Waals surface area contributed by atoms with E-state index in [9.17, 15) is 0 Å². The maximum absolute atomic E-state index is 3.01. The van der Waals surface area contributed by atoms with Gasteiger partial charge in [-0.2, -0.15) is 11.8 Å². The third-order valence-electron chi connectivity index (χ3n) is 4.14. The Morgan fingerprint density at radius 1 is 1.27 bits per heavy atom. The van der Waals surface area contributed by atoms with Gasteiger partial charge < -0.3 is 4.57 Å². The Morgan fingerprint density at radius 3 is 2.40 bits per heavy atom. The quantitative estimate of drug-likeness (QED) is 0.699. The summed E-state index contributed by atoms with van der Waals surface area (Å²) >= 11 is 2.19. The summed E-state index contributed by atoms with van der Waals surface area (Å²) in [6.45, 7) is 4.82. The zero-order valence-corrected chi connectivity index (χ0v) is 12.2. The highest BCUT2D eigenvalue weighted by Crippen LogP contribution is 2.30. The molecule has 0 N–H and O–H groups in total. The van der Waals surface area contributed by atoms with E-state index in [0.29, 0.717) is 0 Å². The van der Waals surface area contributed by atoms with Gasteiger partial charge in [-0.15, -0.1) is 0 Å². The highest BCUT2D eigenvalue weighted by atomic mass is 32.2. The van der Waals surface area contributed by atoms with Crippen LogP contribution in [-0.2, 0) is 0 Å². The molecule has 1 aliphatic carbocycles. The molecule has 0 aromatic carbocycles. The summed E-state index contributed by atoms with van der Waals surface area (Å²) in [7, 11) is -0.468. The highest BCUT2D eigenvalue weighted by molar-refractivity contribution is 8.05. The van der Waals surface area contributed by atoms with E-state index in [0.717, 1.165) is 12.1 Å². The van der Waals surface area contributed by atoms with Crippen LogP contribution < -0.4 is 0 Å². The molecule has 15 heavy (non-hydrogen) atoms. The minimum absolute atomic E-state index is 0.468. The fourth-order valence-corrected chi connectivity index (χ4v) is 7.99. The topological polar surface area (TPSA) is 3.24 Å². The van der Waals surface area contributed by atoms with Gasteiger partial charge in [-0.1, -0.05) is 33.1 Å². The van der Waals surface area contributed by atoms with Gasteiger partial charge in [0.2, 0.25) is 0 Å². The second kappa shape index (κ2) is 5.74. The summed E-state index contributed by atoms with van der Waals surface area (Å²) in [5.74, 6) is 0. The number of thioether (sulfide) groups is 1. The predicted octanol–water partition coefficient (Wildman–Crippen LogP) is 2.97. The first-order chi connectivity index (χ1) is 7.33. The Hall–Kier alpha value is 0.527. The summed E-state index contributed by atoms with van der Waals surface area (Å²) in [6, 6.07) is 1.84. The molecule has 0 amide bonds. The standard InChI is InChI=1S/C12H25NSSi/c1-3-11(2)13(15-9-14-10-15)12-7-5-4-6-8-12/h11-12,15H,3-10H2,1-2H3. The minimum atomic E-state index is -0.468. The number of hydrogen-bond donors (Lipinski definition) is 0. The van der Waals surface area contributed by atoms with Crippen molar-refractivity contribution in [3.8, 4) is 0 Å². The van der Waals surface area contributed by atoms with E-state index >= 15 is 0 Å². The summed E-state index contributed by atoms with van der Waals surface area (Å²) in [5.41, 5.74) is 0. The molecule has 0 spiro atoms. The molecule has 2 rings (SSSR count). The van der Waals surface area contributed by atoms with Crippen LogP contribution in [0.25, 0.3) is 0 Å². The van der Waals surface area contributed by atoms with Crippen LogP contribution in [-0.4, -0.2) is 36.4 Å². The van der Waals surface area contributed by atoms with Gasteiger partial charge >= 0.3 is 0 Å². The molecule has 1 saturated heterocycles. The van der Waals surface area contributed by atoms with Crippen LogP contribution in [0, 0.1) is 0 Å². The third-order valence-corrected chi connectivity index (χ3v) is 10.9. The lowest BCUT2D eigenvalue weighted by atomic mass is 9.95. The van der Waals surface area contributed by atoms with E-state index in [2.05, 4.69) is 30.2 Å². The number of nitrogens with zero attached hydrogens (tertiary/aromatic N) is 1. The number of hydrogen-bond acceptors (Lipinski definition) is 2. The van der Waals surface area contributed by atoms with Crippen molar-refractivity contribution in [2.45, 2.75) is 64.5 Å². The molecule has 1 atom stereocenters. The molecular formula is C12H25NSSi. The fraction of sp³-hybridized carbons (Fsp3) is 1.00. The Kier molecular flexibility index (Phi) is 4.59. The van der Waals surface area contributed by atoms with Crippen LogP contribution in [0.15, 0.2) is 0 Å². The SMILES string of the molecule is CCC(C)N(C1CCCCC1)[SiH]1CSC1. The van der Waals surface area contributed by atoms with Gasteiger partial charge in [0.05, 0.1) is 0 Å². The zero-order valence-electron chi connectivity index (χ0n) is 10.2. The van der Waals surface area contributed by atoms with Crippen molar-refractivity contribution in [2.24, 2.45) is 0 Å². The molecule has 0 radical (unpaired) electrons. The molecule has 1 saturated carbocycles. The summed E-state index contributed by atoms with van der Waals surface area (Å²) in [6.07, 6.45) is 8.82. The molecule has 2 aliphatic rings. The van der Waals surface area contributed by atoms with Crippen LogP contribution in [0.1, 0.15) is 52.4 Å². The van der Waals surface area contributed by atoms with Crippen molar-refractivity contribution in [3.63, 3.8) is 0 Å². The van der Waals surface area contributed by atoms with E-state index in [4.69, 9.17) is 0 Å². The van der Waals surface area contributed by atoms with Gasteiger partial charge in [-0.25, -0.2) is 0 Å². The van der Waals surface area contributed by atoms with Crippen molar-refractivity contribution in [1.29, 1.82) is 0 Å². The monoisotopic (exact) mass is 243 g/mol. The lowest BCUT2D eigenvalue weighted by Gasteiger charge is -2.46. The van der Waals surface area contributed by atoms with E-state index in [1.807, 2.05) is 0 Å². The van der Waals surface area contributed by atoms with Crippen LogP contribution in [0.2, 0.25) is 0 Å². The predicted molar refractivity (Wildman–Crippen MR) is 72.9 cm³/mol. The second-order valence-corrected chi connectivity index (χ2v) is 10.2. The van der Waals surface area contributed by atoms with Crippen LogP contribution in [0.4, 0.5) is 0 Å². The summed E-state index contributed by atoms with van der Waals surface area (Å²) in [5, 5.41) is 3.06. The molecule has 3 heteroatoms. The first-order valence-corrected chi connectivity index (χ1v) is 9.98. The molecule has 1 heterocycles. The van der Waals surface area contributed by atoms with Crippen LogP contribution in [0.3, 0.4) is 0 Å².